The number of phenols is 1. The lowest BCUT2D eigenvalue weighted by molar-refractivity contribution is -0.128. The molecule has 1 aromatic carbocycles. The molecule has 1 aliphatic heterocycles. The molecule has 2 amide bonds. The predicted molar refractivity (Wildman–Crippen MR) is 91.5 cm³/mol. The van der Waals surface area contributed by atoms with Gasteiger partial charge in [0.2, 0.25) is 0 Å². The highest BCUT2D eigenvalue weighted by Crippen LogP contribution is 2.24. The Labute approximate surface area is 140 Å². The predicted octanol–water partition coefficient (Wildman–Crippen LogP) is 1.81. The van der Waals surface area contributed by atoms with Crippen LogP contribution in [0.2, 0.25) is 0 Å². The van der Waals surface area contributed by atoms with E-state index in [2.05, 4.69) is 34.5 Å². The van der Waals surface area contributed by atoms with E-state index in [1.54, 1.807) is 12.1 Å². The zero-order valence-electron chi connectivity index (χ0n) is 10.8. The van der Waals surface area contributed by atoms with Crippen LogP contribution in [-0.4, -0.2) is 33.5 Å². The highest BCUT2D eigenvalue weighted by molar-refractivity contribution is 14.1. The number of hydrogen-bond acceptors (Lipinski definition) is 4. The Morgan fingerprint density at radius 3 is 2.81 bits per heavy atom. The zero-order valence-corrected chi connectivity index (χ0v) is 13.8. The van der Waals surface area contributed by atoms with Gasteiger partial charge in [-0.15, -0.1) is 6.58 Å². The van der Waals surface area contributed by atoms with Crippen molar-refractivity contribution in [1.82, 2.24) is 10.2 Å². The number of thiocarbonyl (C=S) groups is 1. The zero-order chi connectivity index (χ0) is 15.6. The molecule has 2 rings (SSSR count). The topological polar surface area (TPSA) is 69.6 Å². The standard InChI is InChI=1S/C14H11IN2O3S/c1-2-5-17-13(20)10(12(19)16-14(17)21)7-8-6-9(15)3-4-11(8)18/h2-4,6-7,18H,1,5H2,(H,16,19,21)/b10-7+. The summed E-state index contributed by atoms with van der Waals surface area (Å²) in [7, 11) is 0. The fourth-order valence-electron chi connectivity index (χ4n) is 1.79. The second-order valence-electron chi connectivity index (χ2n) is 4.22. The maximum Gasteiger partial charge on any atom is 0.265 e. The van der Waals surface area contributed by atoms with Crippen LogP contribution in [0.5, 0.6) is 5.75 Å². The summed E-state index contributed by atoms with van der Waals surface area (Å²) in [6.07, 6.45) is 2.87. The van der Waals surface area contributed by atoms with Gasteiger partial charge in [-0.3, -0.25) is 19.8 Å². The quantitative estimate of drug-likeness (QED) is 0.260. The number of nitrogens with zero attached hydrogens (tertiary/aromatic N) is 1. The summed E-state index contributed by atoms with van der Waals surface area (Å²) >= 11 is 7.04. The minimum atomic E-state index is -0.580. The van der Waals surface area contributed by atoms with Gasteiger partial charge < -0.3 is 5.11 Å². The lowest BCUT2D eigenvalue weighted by atomic mass is 10.1. The third-order valence-electron chi connectivity index (χ3n) is 2.79. The summed E-state index contributed by atoms with van der Waals surface area (Å²) in [6, 6.07) is 4.90. The fourth-order valence-corrected chi connectivity index (χ4v) is 2.55. The van der Waals surface area contributed by atoms with Crippen molar-refractivity contribution in [1.29, 1.82) is 0 Å². The van der Waals surface area contributed by atoms with Gasteiger partial charge in [0.15, 0.2) is 5.11 Å². The van der Waals surface area contributed by atoms with Gasteiger partial charge in [-0.05, 0) is 59.1 Å². The normalized spacial score (nSPS) is 17.1. The first-order valence-corrected chi connectivity index (χ1v) is 7.41. The molecular formula is C14H11IN2O3S. The number of halogens is 1. The monoisotopic (exact) mass is 414 g/mol. The number of phenolic OH excluding ortho intramolecular Hbond substituents is 1. The second-order valence-corrected chi connectivity index (χ2v) is 5.86. The van der Waals surface area contributed by atoms with E-state index >= 15 is 0 Å². The Morgan fingerprint density at radius 1 is 1.43 bits per heavy atom. The minimum absolute atomic E-state index is 0.00747. The number of benzene rings is 1. The molecule has 0 atom stereocenters. The van der Waals surface area contributed by atoms with E-state index in [9.17, 15) is 14.7 Å². The first-order chi connectivity index (χ1) is 9.93. The van der Waals surface area contributed by atoms with Crippen LogP contribution < -0.4 is 5.32 Å². The van der Waals surface area contributed by atoms with Gasteiger partial charge in [0, 0.05) is 15.7 Å². The molecule has 7 heteroatoms. The highest BCUT2D eigenvalue weighted by atomic mass is 127. The molecule has 21 heavy (non-hydrogen) atoms. The van der Waals surface area contributed by atoms with E-state index in [-0.39, 0.29) is 23.0 Å². The first-order valence-electron chi connectivity index (χ1n) is 5.92. The SMILES string of the molecule is C=CCN1C(=O)/C(=C/c2cc(I)ccc2O)C(=O)NC1=S. The fraction of sp³-hybridized carbons (Fsp3) is 0.0714. The third-order valence-corrected chi connectivity index (χ3v) is 3.78. The number of hydrogen-bond donors (Lipinski definition) is 2. The molecule has 2 N–H and O–H groups in total. The van der Waals surface area contributed by atoms with Gasteiger partial charge >= 0.3 is 0 Å². The summed E-state index contributed by atoms with van der Waals surface area (Å²) in [6.45, 7) is 3.75. The molecule has 0 spiro atoms. The van der Waals surface area contributed by atoms with Gasteiger partial charge in [0.05, 0.1) is 0 Å². The highest BCUT2D eigenvalue weighted by Gasteiger charge is 2.32. The van der Waals surface area contributed by atoms with Crippen LogP contribution in [0.15, 0.2) is 36.4 Å². The summed E-state index contributed by atoms with van der Waals surface area (Å²) in [5.74, 6) is -1.10. The maximum absolute atomic E-state index is 12.3. The molecule has 0 aromatic heterocycles. The Balaban J connectivity index is 2.45. The molecule has 0 aliphatic carbocycles. The number of nitrogens with one attached hydrogen (secondary N) is 1. The van der Waals surface area contributed by atoms with Crippen LogP contribution in [0.25, 0.3) is 6.08 Å². The molecule has 1 aromatic rings. The van der Waals surface area contributed by atoms with E-state index in [0.717, 1.165) is 3.57 Å². The van der Waals surface area contributed by atoms with Crippen molar-refractivity contribution in [2.45, 2.75) is 0 Å². The summed E-state index contributed by atoms with van der Waals surface area (Å²) in [5, 5.41) is 12.3. The van der Waals surface area contributed by atoms with Crippen molar-refractivity contribution in [3.05, 3.63) is 45.6 Å². The van der Waals surface area contributed by atoms with Gasteiger partial charge in [-0.25, -0.2) is 0 Å². The average molecular weight is 414 g/mol. The molecule has 1 heterocycles. The molecule has 0 unspecified atom stereocenters. The van der Waals surface area contributed by atoms with E-state index in [0.29, 0.717) is 5.56 Å². The smallest absolute Gasteiger partial charge is 0.265 e. The van der Waals surface area contributed by atoms with Crippen molar-refractivity contribution in [2.24, 2.45) is 0 Å². The van der Waals surface area contributed by atoms with E-state index < -0.39 is 11.8 Å². The summed E-state index contributed by atoms with van der Waals surface area (Å²) < 4.78 is 0.874. The van der Waals surface area contributed by atoms with E-state index in [1.165, 1.54) is 23.1 Å². The van der Waals surface area contributed by atoms with Crippen molar-refractivity contribution < 1.29 is 14.7 Å². The minimum Gasteiger partial charge on any atom is -0.507 e. The molecule has 0 saturated carbocycles. The lowest BCUT2D eigenvalue weighted by Crippen LogP contribution is -2.53. The number of aromatic hydroxyl groups is 1. The van der Waals surface area contributed by atoms with E-state index in [4.69, 9.17) is 12.2 Å². The van der Waals surface area contributed by atoms with Crippen LogP contribution in [0.3, 0.4) is 0 Å². The largest absolute Gasteiger partial charge is 0.507 e. The van der Waals surface area contributed by atoms with Gasteiger partial charge in [-0.2, -0.15) is 0 Å². The number of carbonyl (C=O) groups excluding carboxylic acids is 2. The molecule has 0 bridgehead atoms. The average Bonchev–Trinajstić information content (AvgIpc) is 2.43. The maximum atomic E-state index is 12.3. The summed E-state index contributed by atoms with van der Waals surface area (Å²) in [5.41, 5.74) is 0.314. The van der Waals surface area contributed by atoms with Crippen LogP contribution in [0.1, 0.15) is 5.56 Å². The second kappa shape index (κ2) is 6.35. The van der Waals surface area contributed by atoms with Gasteiger partial charge in [-0.1, -0.05) is 6.08 Å². The van der Waals surface area contributed by atoms with Crippen molar-refractivity contribution in [3.8, 4) is 5.75 Å². The first kappa shape index (κ1) is 15.6. The Morgan fingerprint density at radius 2 is 2.14 bits per heavy atom. The Hall–Kier alpha value is -1.74. The lowest BCUT2D eigenvalue weighted by Gasteiger charge is -2.27. The molecule has 1 saturated heterocycles. The van der Waals surface area contributed by atoms with Crippen molar-refractivity contribution in [3.63, 3.8) is 0 Å². The van der Waals surface area contributed by atoms with Crippen molar-refractivity contribution in [2.75, 3.05) is 6.54 Å². The van der Waals surface area contributed by atoms with Gasteiger partial charge in [0.25, 0.3) is 11.8 Å². The number of carbonyl (C=O) groups is 2. The molecule has 1 aliphatic rings. The summed E-state index contributed by atoms with van der Waals surface area (Å²) in [4.78, 5) is 25.5. The van der Waals surface area contributed by atoms with E-state index in [1.807, 2.05) is 0 Å². The van der Waals surface area contributed by atoms with Gasteiger partial charge in [0.1, 0.15) is 11.3 Å². The number of rotatable bonds is 3. The molecule has 0 radical (unpaired) electrons. The third kappa shape index (κ3) is 3.30. The Bertz CT molecular complexity index is 685. The van der Waals surface area contributed by atoms with Crippen LogP contribution >= 0.6 is 34.8 Å². The van der Waals surface area contributed by atoms with Crippen LogP contribution in [0.4, 0.5) is 0 Å². The molecule has 108 valence electrons. The molecular weight excluding hydrogens is 403 g/mol. The van der Waals surface area contributed by atoms with Crippen LogP contribution in [-0.2, 0) is 9.59 Å². The Kier molecular flexibility index (Phi) is 4.73. The van der Waals surface area contributed by atoms with Crippen LogP contribution in [0, 0.1) is 3.57 Å². The molecule has 1 fully saturated rings. The van der Waals surface area contributed by atoms with Crippen molar-refractivity contribution >= 4 is 57.8 Å². The molecule has 5 nitrogen and oxygen atoms in total. The number of amides is 2.